The highest BCUT2D eigenvalue weighted by atomic mass is 32.2. The molecule has 1 amide bonds. The van der Waals surface area contributed by atoms with Gasteiger partial charge < -0.3 is 15.0 Å². The standard InChI is InChI=1S/C30H31FN2O2S/c1-21-7-5-6-10-27(21)33-29(34)28(36-30(33)32-25-8-3-2-4-9-25)19-22-13-17-26(18-14-22)35-20-23-11-15-24(31)16-12-23/h2-4,8-9,11-19,21,27,30,32H,5-7,10,20H2,1H3/b28-19-/t21-,27+,30?/m0/s1. The highest BCUT2D eigenvalue weighted by molar-refractivity contribution is 8.05. The van der Waals surface area contributed by atoms with Gasteiger partial charge >= 0.3 is 0 Å². The number of carbonyl (C=O) groups is 1. The maximum Gasteiger partial charge on any atom is 0.262 e. The zero-order valence-electron chi connectivity index (χ0n) is 20.4. The molecule has 36 heavy (non-hydrogen) atoms. The lowest BCUT2D eigenvalue weighted by Crippen LogP contribution is -2.48. The summed E-state index contributed by atoms with van der Waals surface area (Å²) < 4.78 is 18.9. The second-order valence-electron chi connectivity index (χ2n) is 9.51. The molecule has 1 saturated heterocycles. The van der Waals surface area contributed by atoms with Gasteiger partial charge in [-0.1, -0.05) is 74.0 Å². The smallest absolute Gasteiger partial charge is 0.262 e. The molecular formula is C30H31FN2O2S. The van der Waals surface area contributed by atoms with Gasteiger partial charge in [0.1, 0.15) is 18.2 Å². The molecule has 1 unspecified atom stereocenters. The highest BCUT2D eigenvalue weighted by Crippen LogP contribution is 2.42. The van der Waals surface area contributed by atoms with Gasteiger partial charge in [-0.3, -0.25) is 4.79 Å². The Morgan fingerprint density at radius 2 is 1.72 bits per heavy atom. The van der Waals surface area contributed by atoms with Gasteiger partial charge in [-0.2, -0.15) is 0 Å². The summed E-state index contributed by atoms with van der Waals surface area (Å²) in [4.78, 5) is 16.5. The van der Waals surface area contributed by atoms with Crippen LogP contribution in [0, 0.1) is 11.7 Å². The van der Waals surface area contributed by atoms with E-state index in [1.165, 1.54) is 25.0 Å². The van der Waals surface area contributed by atoms with Crippen molar-refractivity contribution in [3.05, 3.63) is 101 Å². The molecule has 4 nitrogen and oxygen atoms in total. The summed E-state index contributed by atoms with van der Waals surface area (Å²) in [5, 5.41) is 3.58. The maximum atomic E-state index is 13.7. The van der Waals surface area contributed by atoms with E-state index in [9.17, 15) is 9.18 Å². The summed E-state index contributed by atoms with van der Waals surface area (Å²) in [5.41, 5.74) is 2.75. The fourth-order valence-corrected chi connectivity index (χ4v) is 6.14. The molecule has 1 aliphatic heterocycles. The van der Waals surface area contributed by atoms with E-state index in [2.05, 4.69) is 17.1 Å². The van der Waals surface area contributed by atoms with Crippen LogP contribution in [0.25, 0.3) is 6.08 Å². The van der Waals surface area contributed by atoms with Crippen LogP contribution in [0.3, 0.4) is 0 Å². The molecule has 0 aromatic heterocycles. The first-order valence-corrected chi connectivity index (χ1v) is 13.4. The number of amides is 1. The first-order valence-electron chi connectivity index (χ1n) is 12.6. The number of nitrogens with zero attached hydrogens (tertiary/aromatic N) is 1. The van der Waals surface area contributed by atoms with E-state index in [1.54, 1.807) is 23.9 Å². The predicted molar refractivity (Wildman–Crippen MR) is 145 cm³/mol. The number of anilines is 1. The summed E-state index contributed by atoms with van der Waals surface area (Å²) >= 11 is 1.59. The van der Waals surface area contributed by atoms with Crippen molar-refractivity contribution in [2.24, 2.45) is 5.92 Å². The van der Waals surface area contributed by atoms with Crippen LogP contribution in [0.2, 0.25) is 0 Å². The summed E-state index contributed by atoms with van der Waals surface area (Å²) in [6.45, 7) is 2.64. The zero-order valence-corrected chi connectivity index (χ0v) is 21.2. The number of hydrogen-bond donors (Lipinski definition) is 1. The zero-order chi connectivity index (χ0) is 24.9. The monoisotopic (exact) mass is 502 g/mol. The van der Waals surface area contributed by atoms with Gasteiger partial charge in [-0.25, -0.2) is 4.39 Å². The Kier molecular flexibility index (Phi) is 7.61. The van der Waals surface area contributed by atoms with Crippen molar-refractivity contribution in [3.63, 3.8) is 0 Å². The Morgan fingerprint density at radius 1 is 1.00 bits per heavy atom. The number of rotatable bonds is 7. The van der Waals surface area contributed by atoms with Crippen molar-refractivity contribution >= 4 is 29.4 Å². The molecule has 3 atom stereocenters. The van der Waals surface area contributed by atoms with Crippen molar-refractivity contribution in [2.45, 2.75) is 50.8 Å². The number of nitrogens with one attached hydrogen (secondary N) is 1. The number of para-hydroxylation sites is 1. The fraction of sp³-hybridized carbons (Fsp3) is 0.300. The minimum atomic E-state index is -0.256. The number of halogens is 1. The summed E-state index contributed by atoms with van der Waals surface area (Å²) in [6, 6.07) is 24.4. The fourth-order valence-electron chi connectivity index (χ4n) is 4.93. The van der Waals surface area contributed by atoms with Crippen LogP contribution in [-0.2, 0) is 11.4 Å². The quantitative estimate of drug-likeness (QED) is 0.344. The molecule has 2 fully saturated rings. The molecule has 2 aliphatic rings. The number of thioether (sulfide) groups is 1. The molecule has 0 radical (unpaired) electrons. The van der Waals surface area contributed by atoms with Crippen LogP contribution in [0.15, 0.2) is 83.8 Å². The van der Waals surface area contributed by atoms with Gasteiger partial charge in [0.2, 0.25) is 0 Å². The van der Waals surface area contributed by atoms with Crippen LogP contribution < -0.4 is 10.1 Å². The lowest BCUT2D eigenvalue weighted by atomic mass is 9.85. The Hall–Kier alpha value is -3.25. The lowest BCUT2D eigenvalue weighted by Gasteiger charge is -2.39. The Labute approximate surface area is 216 Å². The second-order valence-corrected chi connectivity index (χ2v) is 10.6. The van der Waals surface area contributed by atoms with Gasteiger partial charge in [0, 0.05) is 11.7 Å². The largest absolute Gasteiger partial charge is 0.489 e. The van der Waals surface area contributed by atoms with Crippen LogP contribution in [-0.4, -0.2) is 22.3 Å². The molecule has 5 rings (SSSR count). The van der Waals surface area contributed by atoms with Gasteiger partial charge in [0.15, 0.2) is 5.50 Å². The van der Waals surface area contributed by atoms with E-state index in [4.69, 9.17) is 4.74 Å². The first kappa shape index (κ1) is 24.4. The Balaban J connectivity index is 1.31. The molecule has 186 valence electrons. The van der Waals surface area contributed by atoms with Crippen LogP contribution in [0.5, 0.6) is 5.75 Å². The van der Waals surface area contributed by atoms with Crippen molar-refractivity contribution < 1.29 is 13.9 Å². The van der Waals surface area contributed by atoms with E-state index >= 15 is 0 Å². The molecule has 6 heteroatoms. The number of carbonyl (C=O) groups excluding carboxylic acids is 1. The van der Waals surface area contributed by atoms with Crippen molar-refractivity contribution in [2.75, 3.05) is 5.32 Å². The third-order valence-electron chi connectivity index (χ3n) is 6.92. The average molecular weight is 503 g/mol. The van der Waals surface area contributed by atoms with Crippen molar-refractivity contribution in [1.82, 2.24) is 4.90 Å². The minimum absolute atomic E-state index is 0.101. The van der Waals surface area contributed by atoms with Gasteiger partial charge in [0.25, 0.3) is 5.91 Å². The minimum Gasteiger partial charge on any atom is -0.489 e. The molecule has 1 heterocycles. The third-order valence-corrected chi connectivity index (χ3v) is 8.04. The van der Waals surface area contributed by atoms with Gasteiger partial charge in [0.05, 0.1) is 4.91 Å². The van der Waals surface area contributed by atoms with Crippen LogP contribution >= 0.6 is 11.8 Å². The molecule has 3 aromatic rings. The Morgan fingerprint density at radius 3 is 2.44 bits per heavy atom. The molecule has 1 aliphatic carbocycles. The molecular weight excluding hydrogens is 471 g/mol. The summed E-state index contributed by atoms with van der Waals surface area (Å²) in [6.07, 6.45) is 6.59. The van der Waals surface area contributed by atoms with Gasteiger partial charge in [-0.05, 0) is 72.4 Å². The van der Waals surface area contributed by atoms with Crippen molar-refractivity contribution in [3.8, 4) is 5.75 Å². The summed E-state index contributed by atoms with van der Waals surface area (Å²) in [7, 11) is 0. The van der Waals surface area contributed by atoms with Crippen molar-refractivity contribution in [1.29, 1.82) is 0 Å². The van der Waals surface area contributed by atoms with Crippen LogP contribution in [0.1, 0.15) is 43.7 Å². The molecule has 0 bridgehead atoms. The third kappa shape index (κ3) is 5.76. The number of benzene rings is 3. The highest BCUT2D eigenvalue weighted by Gasteiger charge is 2.42. The van der Waals surface area contributed by atoms with E-state index in [-0.39, 0.29) is 23.3 Å². The number of ether oxygens (including phenoxy) is 1. The Bertz CT molecular complexity index is 1200. The predicted octanol–water partition coefficient (Wildman–Crippen LogP) is 7.30. The first-order chi connectivity index (χ1) is 17.6. The molecule has 1 saturated carbocycles. The normalized spacial score (nSPS) is 23.2. The number of hydrogen-bond acceptors (Lipinski definition) is 4. The van der Waals surface area contributed by atoms with E-state index in [1.807, 2.05) is 60.7 Å². The van der Waals surface area contributed by atoms with E-state index in [0.717, 1.165) is 40.3 Å². The maximum absolute atomic E-state index is 13.7. The molecule has 0 spiro atoms. The molecule has 1 N–H and O–H groups in total. The average Bonchev–Trinajstić information content (AvgIpc) is 3.19. The SMILES string of the molecule is C[C@H]1CCCC[C@H]1N1C(=O)/C(=C/c2ccc(OCc3ccc(F)cc3)cc2)SC1Nc1ccccc1. The van der Waals surface area contributed by atoms with Gasteiger partial charge in [-0.15, -0.1) is 0 Å². The summed E-state index contributed by atoms with van der Waals surface area (Å²) in [5.74, 6) is 1.06. The van der Waals surface area contributed by atoms with E-state index < -0.39 is 0 Å². The topological polar surface area (TPSA) is 41.6 Å². The molecule has 3 aromatic carbocycles. The second kappa shape index (κ2) is 11.2. The van der Waals surface area contributed by atoms with E-state index in [0.29, 0.717) is 12.5 Å². The van der Waals surface area contributed by atoms with Crippen LogP contribution in [0.4, 0.5) is 10.1 Å². The lowest BCUT2D eigenvalue weighted by molar-refractivity contribution is -0.129.